The van der Waals surface area contributed by atoms with Gasteiger partial charge in [-0.2, -0.15) is 5.10 Å². The molecule has 0 saturated heterocycles. The molecule has 2 aromatic carbocycles. The van der Waals surface area contributed by atoms with Gasteiger partial charge in [0.1, 0.15) is 0 Å². The van der Waals surface area contributed by atoms with Gasteiger partial charge in [-0.1, -0.05) is 42.5 Å². The minimum atomic E-state index is -0.996. The van der Waals surface area contributed by atoms with Crippen LogP contribution < -0.4 is 10.9 Å². The summed E-state index contributed by atoms with van der Waals surface area (Å²) in [4.78, 5) is 38.1. The number of ether oxygens (including phenoxy) is 1. The predicted molar refractivity (Wildman–Crippen MR) is 117 cm³/mol. The van der Waals surface area contributed by atoms with Crippen molar-refractivity contribution in [2.45, 2.75) is 51.8 Å². The summed E-state index contributed by atoms with van der Waals surface area (Å²) in [7, 11) is 0. The summed E-state index contributed by atoms with van der Waals surface area (Å²) >= 11 is 0. The molecule has 1 aliphatic rings. The third-order valence-electron chi connectivity index (χ3n) is 5.70. The Balaban J connectivity index is 1.52. The number of hydrogen-bond acceptors (Lipinski definition) is 5. The van der Waals surface area contributed by atoms with Crippen LogP contribution in [0.5, 0.6) is 0 Å². The van der Waals surface area contributed by atoms with Gasteiger partial charge in [0.25, 0.3) is 11.5 Å². The van der Waals surface area contributed by atoms with E-state index >= 15 is 0 Å². The van der Waals surface area contributed by atoms with Crippen molar-refractivity contribution in [1.82, 2.24) is 15.1 Å². The molecule has 7 nitrogen and oxygen atoms in total. The highest BCUT2D eigenvalue weighted by molar-refractivity contribution is 6.02. The summed E-state index contributed by atoms with van der Waals surface area (Å²) in [5.41, 5.74) is 2.11. The number of aromatic nitrogens is 2. The number of benzene rings is 2. The SMILES string of the molecule is CCn1nc(C(=O)O[C@@H](C)C(=O)N[C@H]2CCCc3ccccc32)c2ccccc2c1=O. The molecule has 1 heterocycles. The van der Waals surface area contributed by atoms with Crippen molar-refractivity contribution in [1.29, 1.82) is 0 Å². The maximum absolute atomic E-state index is 12.9. The third kappa shape index (κ3) is 4.08. The van der Waals surface area contributed by atoms with Gasteiger partial charge in [0.15, 0.2) is 11.8 Å². The molecule has 1 amide bonds. The van der Waals surface area contributed by atoms with Crippen molar-refractivity contribution >= 4 is 22.6 Å². The van der Waals surface area contributed by atoms with E-state index in [9.17, 15) is 14.4 Å². The van der Waals surface area contributed by atoms with Gasteiger partial charge < -0.3 is 10.1 Å². The Morgan fingerprint density at radius 3 is 2.65 bits per heavy atom. The quantitative estimate of drug-likeness (QED) is 0.642. The fourth-order valence-corrected chi connectivity index (χ4v) is 4.06. The number of esters is 1. The normalized spacial score (nSPS) is 16.4. The van der Waals surface area contributed by atoms with Gasteiger partial charge >= 0.3 is 5.97 Å². The number of nitrogens with zero attached hydrogens (tertiary/aromatic N) is 2. The second-order valence-electron chi connectivity index (χ2n) is 7.71. The van der Waals surface area contributed by atoms with Gasteiger partial charge in [0.2, 0.25) is 0 Å². The van der Waals surface area contributed by atoms with Crippen LogP contribution in [0.2, 0.25) is 0 Å². The topological polar surface area (TPSA) is 90.3 Å². The maximum Gasteiger partial charge on any atom is 0.360 e. The molecule has 0 fully saturated rings. The van der Waals surface area contributed by atoms with Crippen LogP contribution in [0.4, 0.5) is 0 Å². The van der Waals surface area contributed by atoms with E-state index in [1.54, 1.807) is 38.1 Å². The van der Waals surface area contributed by atoms with Crippen LogP contribution >= 0.6 is 0 Å². The number of amides is 1. The smallest absolute Gasteiger partial charge is 0.360 e. The Kier molecular flexibility index (Phi) is 5.84. The largest absolute Gasteiger partial charge is 0.448 e. The van der Waals surface area contributed by atoms with Crippen LogP contribution in [0, 0.1) is 0 Å². The monoisotopic (exact) mass is 419 g/mol. The van der Waals surface area contributed by atoms with E-state index in [4.69, 9.17) is 4.74 Å². The molecule has 7 heteroatoms. The van der Waals surface area contributed by atoms with E-state index in [0.717, 1.165) is 24.8 Å². The van der Waals surface area contributed by atoms with E-state index in [-0.39, 0.29) is 23.2 Å². The highest BCUT2D eigenvalue weighted by Crippen LogP contribution is 2.29. The summed E-state index contributed by atoms with van der Waals surface area (Å²) in [5, 5.41) is 7.99. The molecule has 1 N–H and O–H groups in total. The van der Waals surface area contributed by atoms with E-state index in [1.807, 2.05) is 18.2 Å². The first-order valence-electron chi connectivity index (χ1n) is 10.6. The highest BCUT2D eigenvalue weighted by atomic mass is 16.5. The molecule has 0 bridgehead atoms. The average molecular weight is 419 g/mol. The third-order valence-corrected chi connectivity index (χ3v) is 5.70. The van der Waals surface area contributed by atoms with Crippen LogP contribution in [0.25, 0.3) is 10.8 Å². The minimum absolute atomic E-state index is 0.0275. The zero-order valence-electron chi connectivity index (χ0n) is 17.6. The van der Waals surface area contributed by atoms with E-state index in [0.29, 0.717) is 17.3 Å². The minimum Gasteiger partial charge on any atom is -0.448 e. The lowest BCUT2D eigenvalue weighted by molar-refractivity contribution is -0.130. The maximum atomic E-state index is 12.9. The molecule has 31 heavy (non-hydrogen) atoms. The zero-order chi connectivity index (χ0) is 22.0. The summed E-state index contributed by atoms with van der Waals surface area (Å²) in [6.07, 6.45) is 1.84. The molecular formula is C24H25N3O4. The van der Waals surface area contributed by atoms with Gasteiger partial charge in [-0.25, -0.2) is 9.48 Å². The molecule has 0 aliphatic heterocycles. The van der Waals surface area contributed by atoms with Gasteiger partial charge in [-0.05, 0) is 50.3 Å². The fourth-order valence-electron chi connectivity index (χ4n) is 4.06. The Bertz CT molecular complexity index is 1200. The second-order valence-corrected chi connectivity index (χ2v) is 7.71. The Labute approximate surface area is 180 Å². The molecule has 160 valence electrons. The Morgan fingerprint density at radius 2 is 1.87 bits per heavy atom. The summed E-state index contributed by atoms with van der Waals surface area (Å²) < 4.78 is 6.67. The van der Waals surface area contributed by atoms with Gasteiger partial charge in [-0.3, -0.25) is 9.59 Å². The molecule has 2 atom stereocenters. The standard InChI is InChI=1S/C24H25N3O4/c1-3-27-23(29)19-13-7-6-12-18(19)21(26-27)24(30)31-15(2)22(28)25-20-14-8-10-16-9-4-5-11-17(16)20/h4-7,9,11-13,15,20H,3,8,10,14H2,1-2H3,(H,25,28)/t15-,20-/m0/s1. The van der Waals surface area contributed by atoms with Gasteiger partial charge in [-0.15, -0.1) is 0 Å². The summed E-state index contributed by atoms with van der Waals surface area (Å²) in [5.74, 6) is -1.09. The second kappa shape index (κ2) is 8.71. The number of rotatable bonds is 5. The van der Waals surface area contributed by atoms with Crippen LogP contribution in [0.1, 0.15) is 54.3 Å². The molecule has 4 rings (SSSR count). The molecule has 0 spiro atoms. The van der Waals surface area contributed by atoms with Crippen molar-refractivity contribution in [3.63, 3.8) is 0 Å². The Hall–Kier alpha value is -3.48. The molecule has 0 saturated carbocycles. The first-order chi connectivity index (χ1) is 15.0. The first kappa shape index (κ1) is 20.8. The lowest BCUT2D eigenvalue weighted by atomic mass is 9.87. The van der Waals surface area contributed by atoms with Crippen molar-refractivity contribution < 1.29 is 14.3 Å². The van der Waals surface area contributed by atoms with Gasteiger partial charge in [0, 0.05) is 11.9 Å². The highest BCUT2D eigenvalue weighted by Gasteiger charge is 2.27. The molecule has 0 unspecified atom stereocenters. The number of fused-ring (bicyclic) bond motifs is 2. The summed E-state index contributed by atoms with van der Waals surface area (Å²) in [6, 6.07) is 14.7. The van der Waals surface area contributed by atoms with Gasteiger partial charge in [0.05, 0.1) is 11.4 Å². The van der Waals surface area contributed by atoms with Crippen molar-refractivity contribution in [3.8, 4) is 0 Å². The number of aryl methyl sites for hydroxylation is 2. The van der Waals surface area contributed by atoms with E-state index in [2.05, 4.69) is 16.5 Å². The first-order valence-corrected chi connectivity index (χ1v) is 10.6. The molecular weight excluding hydrogens is 394 g/mol. The molecule has 0 radical (unpaired) electrons. The zero-order valence-corrected chi connectivity index (χ0v) is 17.6. The fraction of sp³-hybridized carbons (Fsp3) is 0.333. The molecule has 1 aromatic heterocycles. The Morgan fingerprint density at radius 1 is 1.16 bits per heavy atom. The van der Waals surface area contributed by atoms with Crippen LogP contribution in [-0.2, 0) is 22.5 Å². The molecule has 1 aliphatic carbocycles. The lowest BCUT2D eigenvalue weighted by Crippen LogP contribution is -2.39. The number of carbonyl (C=O) groups excluding carboxylic acids is 2. The van der Waals surface area contributed by atoms with Crippen LogP contribution in [-0.4, -0.2) is 27.8 Å². The summed E-state index contributed by atoms with van der Waals surface area (Å²) in [6.45, 7) is 3.64. The van der Waals surface area contributed by atoms with Crippen molar-refractivity contribution in [3.05, 3.63) is 75.7 Å². The van der Waals surface area contributed by atoms with E-state index < -0.39 is 12.1 Å². The lowest BCUT2D eigenvalue weighted by Gasteiger charge is -2.27. The number of hydrogen-bond donors (Lipinski definition) is 1. The van der Waals surface area contributed by atoms with Crippen LogP contribution in [0.3, 0.4) is 0 Å². The number of nitrogens with one attached hydrogen (secondary N) is 1. The number of carbonyl (C=O) groups is 2. The molecule has 3 aromatic rings. The van der Waals surface area contributed by atoms with Crippen molar-refractivity contribution in [2.75, 3.05) is 0 Å². The average Bonchev–Trinajstić information content (AvgIpc) is 2.79. The van der Waals surface area contributed by atoms with Crippen molar-refractivity contribution in [2.24, 2.45) is 0 Å². The van der Waals surface area contributed by atoms with E-state index in [1.165, 1.54) is 10.2 Å². The van der Waals surface area contributed by atoms with Crippen LogP contribution in [0.15, 0.2) is 53.3 Å². The predicted octanol–water partition coefficient (Wildman–Crippen LogP) is 3.16.